The predicted molar refractivity (Wildman–Crippen MR) is 24.6 cm³/mol. The van der Waals surface area contributed by atoms with Gasteiger partial charge in [0.1, 0.15) is 7.05 Å². The highest BCUT2D eigenvalue weighted by Gasteiger charge is 1.83. The van der Waals surface area contributed by atoms with Crippen molar-refractivity contribution < 1.29 is 9.73 Å². The van der Waals surface area contributed by atoms with Crippen LogP contribution in [0.4, 0.5) is 0 Å². The molecule has 0 unspecified atom stereocenters. The molecule has 0 rings (SSSR count). The Morgan fingerprint density at radius 2 is 2.17 bits per heavy atom. The lowest BCUT2D eigenvalue weighted by Crippen LogP contribution is -2.67. The third kappa shape index (κ3) is 1.76. The van der Waals surface area contributed by atoms with Gasteiger partial charge in [-0.05, 0) is 0 Å². The van der Waals surface area contributed by atoms with Crippen LogP contribution in [0.2, 0.25) is 0 Å². The highest BCUT2D eigenvalue weighted by molar-refractivity contribution is 5.66. The van der Waals surface area contributed by atoms with Gasteiger partial charge in [0.05, 0.1) is 14.0 Å². The molecule has 0 saturated heterocycles. The molecule has 1 N–H and O–H groups in total. The number of hydrogen-bond donors (Lipinski definition) is 1. The fourth-order valence-electron chi connectivity index (χ4n) is 0.102. The van der Waals surface area contributed by atoms with E-state index >= 15 is 0 Å². The van der Waals surface area contributed by atoms with E-state index in [-0.39, 0.29) is 0 Å². The second-order valence-electron chi connectivity index (χ2n) is 1.01. The highest BCUT2D eigenvalue weighted by Crippen LogP contribution is 1.55. The lowest BCUT2D eigenvalue weighted by molar-refractivity contribution is -0.431. The molecule has 36 valence electrons. The summed E-state index contributed by atoms with van der Waals surface area (Å²) in [6.07, 6.45) is 0. The van der Waals surface area contributed by atoms with Crippen molar-refractivity contribution in [1.82, 2.24) is 0 Å². The van der Waals surface area contributed by atoms with Crippen LogP contribution in [0.15, 0.2) is 0 Å². The Hall–Kier alpha value is -0.530. The zero-order valence-corrected chi connectivity index (χ0v) is 4.41. The molecule has 0 radical (unpaired) electrons. The van der Waals surface area contributed by atoms with Gasteiger partial charge in [-0.2, -0.15) is 0 Å². The van der Waals surface area contributed by atoms with Gasteiger partial charge in [0, 0.05) is 0 Å². The van der Waals surface area contributed by atoms with Crippen molar-refractivity contribution in [1.29, 1.82) is 0 Å². The van der Waals surface area contributed by atoms with Gasteiger partial charge < -0.3 is 4.74 Å². The molecule has 0 aromatic carbocycles. The van der Waals surface area contributed by atoms with Gasteiger partial charge in [-0.1, -0.05) is 0 Å². The molecule has 0 saturated carbocycles. The summed E-state index contributed by atoms with van der Waals surface area (Å²) in [5.74, 6) is 0.843. The number of rotatable bonds is 0. The zero-order valence-electron chi connectivity index (χ0n) is 4.41. The van der Waals surface area contributed by atoms with Gasteiger partial charge in [-0.3, -0.25) is 0 Å². The molecular formula is C4H10NO+. The maximum absolute atomic E-state index is 4.70. The minimum absolute atomic E-state index is 0.843. The van der Waals surface area contributed by atoms with E-state index in [4.69, 9.17) is 4.74 Å². The molecule has 0 aliphatic rings. The third-order valence-electron chi connectivity index (χ3n) is 0.658. The number of methoxy groups -OCH3 is 1. The molecule has 0 aliphatic heterocycles. The van der Waals surface area contributed by atoms with Gasteiger partial charge in [0.25, 0.3) is 0 Å². The summed E-state index contributed by atoms with van der Waals surface area (Å²) < 4.78 is 4.70. The maximum Gasteiger partial charge on any atom is 0.330 e. The summed E-state index contributed by atoms with van der Waals surface area (Å²) in [7, 11) is 3.45. The summed E-state index contributed by atoms with van der Waals surface area (Å²) in [4.78, 5) is 2.81. The summed E-state index contributed by atoms with van der Waals surface area (Å²) in [5, 5.41) is 0. The first-order valence-corrected chi connectivity index (χ1v) is 1.86. The average molecular weight is 88.1 g/mol. The molecular weight excluding hydrogens is 78.0 g/mol. The Kier molecular flexibility index (Phi) is 2.46. The Morgan fingerprint density at radius 1 is 1.67 bits per heavy atom. The Bertz CT molecular complexity index is 58.6. The third-order valence-corrected chi connectivity index (χ3v) is 0.658. The van der Waals surface area contributed by atoms with Crippen molar-refractivity contribution in [2.75, 3.05) is 14.2 Å². The van der Waals surface area contributed by atoms with E-state index in [2.05, 4.69) is 4.99 Å². The monoisotopic (exact) mass is 88.1 g/mol. The second-order valence-corrected chi connectivity index (χ2v) is 1.01. The number of ether oxygens (including phenoxy) is 1. The maximum atomic E-state index is 4.70. The quantitative estimate of drug-likeness (QED) is 0.290. The van der Waals surface area contributed by atoms with Crippen LogP contribution in [-0.4, -0.2) is 20.1 Å². The van der Waals surface area contributed by atoms with Crippen molar-refractivity contribution >= 4 is 5.90 Å². The summed E-state index contributed by atoms with van der Waals surface area (Å²) >= 11 is 0. The van der Waals surface area contributed by atoms with Crippen LogP contribution in [0.1, 0.15) is 6.92 Å². The average Bonchev–Trinajstić information content (AvgIpc) is 1.65. The fraction of sp³-hybridized carbons (Fsp3) is 0.750. The lowest BCUT2D eigenvalue weighted by atomic mass is 10.8. The minimum Gasteiger partial charge on any atom is -0.452 e. The molecule has 0 heterocycles. The van der Waals surface area contributed by atoms with Crippen molar-refractivity contribution in [2.24, 2.45) is 0 Å². The molecule has 0 atom stereocenters. The SMILES string of the molecule is C[NH+]=C(C)OC. The van der Waals surface area contributed by atoms with Crippen LogP contribution in [0.25, 0.3) is 0 Å². The first-order chi connectivity index (χ1) is 2.81. The molecule has 2 nitrogen and oxygen atoms in total. The molecule has 0 bridgehead atoms. The number of nitrogens with one attached hydrogen (secondary N) is 1. The van der Waals surface area contributed by atoms with Gasteiger partial charge in [0.15, 0.2) is 0 Å². The van der Waals surface area contributed by atoms with Gasteiger partial charge >= 0.3 is 5.90 Å². The van der Waals surface area contributed by atoms with Crippen LogP contribution >= 0.6 is 0 Å². The lowest BCUT2D eigenvalue weighted by Gasteiger charge is -1.83. The molecule has 2 heteroatoms. The van der Waals surface area contributed by atoms with Crippen molar-refractivity contribution in [3.05, 3.63) is 0 Å². The van der Waals surface area contributed by atoms with E-state index in [1.54, 1.807) is 7.11 Å². The summed E-state index contributed by atoms with van der Waals surface area (Å²) in [5.41, 5.74) is 0. The van der Waals surface area contributed by atoms with E-state index in [1.807, 2.05) is 14.0 Å². The number of hydrogen-bond acceptors (Lipinski definition) is 1. The second kappa shape index (κ2) is 2.69. The molecule has 0 aliphatic carbocycles. The standard InChI is InChI=1S/C4H9NO/c1-4(5-2)6-3/h1-3H3/p+1. The topological polar surface area (TPSA) is 23.2 Å². The first kappa shape index (κ1) is 5.47. The fourth-order valence-corrected chi connectivity index (χ4v) is 0.102. The highest BCUT2D eigenvalue weighted by atomic mass is 16.5. The van der Waals surface area contributed by atoms with E-state index in [0.717, 1.165) is 5.90 Å². The van der Waals surface area contributed by atoms with Crippen LogP contribution in [-0.2, 0) is 4.74 Å². The van der Waals surface area contributed by atoms with Crippen LogP contribution in [0, 0.1) is 0 Å². The molecule has 6 heavy (non-hydrogen) atoms. The normalized spacial score (nSPS) is 11.5. The predicted octanol–water partition coefficient (Wildman–Crippen LogP) is -1.24. The van der Waals surface area contributed by atoms with E-state index in [0.29, 0.717) is 0 Å². The van der Waals surface area contributed by atoms with E-state index < -0.39 is 0 Å². The molecule has 0 amide bonds. The summed E-state index contributed by atoms with van der Waals surface area (Å²) in [6, 6.07) is 0. The van der Waals surface area contributed by atoms with Crippen molar-refractivity contribution in [3.63, 3.8) is 0 Å². The van der Waals surface area contributed by atoms with Gasteiger partial charge in [-0.15, -0.1) is 0 Å². The van der Waals surface area contributed by atoms with Crippen LogP contribution < -0.4 is 4.99 Å². The van der Waals surface area contributed by atoms with Gasteiger partial charge in [-0.25, -0.2) is 4.99 Å². The Balaban J connectivity index is 3.22. The molecule has 0 aromatic heterocycles. The van der Waals surface area contributed by atoms with Crippen molar-refractivity contribution in [3.8, 4) is 0 Å². The van der Waals surface area contributed by atoms with Crippen LogP contribution in [0.3, 0.4) is 0 Å². The van der Waals surface area contributed by atoms with E-state index in [1.165, 1.54) is 0 Å². The van der Waals surface area contributed by atoms with Crippen LogP contribution in [0.5, 0.6) is 0 Å². The molecule has 0 fully saturated rings. The smallest absolute Gasteiger partial charge is 0.330 e. The summed E-state index contributed by atoms with van der Waals surface area (Å²) in [6.45, 7) is 1.86. The van der Waals surface area contributed by atoms with Crippen molar-refractivity contribution in [2.45, 2.75) is 6.92 Å². The van der Waals surface area contributed by atoms with Gasteiger partial charge in [0.2, 0.25) is 0 Å². The first-order valence-electron chi connectivity index (χ1n) is 1.86. The Morgan fingerprint density at radius 3 is 2.17 bits per heavy atom. The minimum atomic E-state index is 0.843. The van der Waals surface area contributed by atoms with E-state index in [9.17, 15) is 0 Å². The Labute approximate surface area is 37.8 Å². The molecule has 0 aromatic rings. The zero-order chi connectivity index (χ0) is 4.99. The largest absolute Gasteiger partial charge is 0.452 e. The molecule has 0 spiro atoms.